The highest BCUT2D eigenvalue weighted by molar-refractivity contribution is 6.19. The summed E-state index contributed by atoms with van der Waals surface area (Å²) < 4.78 is 0. The molecule has 3 aromatic carbocycles. The largest absolute Gasteiger partial charge is 0.483 e. The summed E-state index contributed by atoms with van der Waals surface area (Å²) in [6, 6.07) is 31.2. The molecule has 208 valence electrons. The van der Waals surface area contributed by atoms with Crippen molar-refractivity contribution in [2.45, 2.75) is 31.6 Å². The molecule has 1 amide bonds. The Bertz CT molecular complexity index is 1250. The van der Waals surface area contributed by atoms with Gasteiger partial charge >= 0.3 is 5.97 Å². The first-order valence-corrected chi connectivity index (χ1v) is 13.6. The van der Waals surface area contributed by atoms with Crippen LogP contribution in [0.1, 0.15) is 48.3 Å². The van der Waals surface area contributed by atoms with Crippen molar-refractivity contribution < 1.29 is 24.6 Å². The molecule has 2 N–H and O–H groups in total. The van der Waals surface area contributed by atoms with E-state index in [-0.39, 0.29) is 25.3 Å². The molecular formula is C32H35N3O5. The van der Waals surface area contributed by atoms with Gasteiger partial charge in [-0.3, -0.25) is 14.4 Å². The number of likely N-dealkylation sites (tertiary alicyclic amines) is 1. The first-order valence-electron chi connectivity index (χ1n) is 13.6. The average molecular weight is 542 g/mol. The minimum Gasteiger partial charge on any atom is -0.483 e. The van der Waals surface area contributed by atoms with Gasteiger partial charge in [0.1, 0.15) is 0 Å². The van der Waals surface area contributed by atoms with Gasteiger partial charge in [-0.05, 0) is 55.6 Å². The maximum Gasteiger partial charge on any atom is 0.305 e. The maximum atomic E-state index is 13.6. The van der Waals surface area contributed by atoms with Gasteiger partial charge < -0.3 is 15.1 Å². The van der Waals surface area contributed by atoms with E-state index < -0.39 is 11.4 Å². The highest BCUT2D eigenvalue weighted by Crippen LogP contribution is 2.42. The third-order valence-electron chi connectivity index (χ3n) is 7.75. The fourth-order valence-electron chi connectivity index (χ4n) is 5.71. The van der Waals surface area contributed by atoms with Crippen molar-refractivity contribution in [2.75, 3.05) is 26.2 Å². The number of hydrogen-bond acceptors (Lipinski definition) is 5. The van der Waals surface area contributed by atoms with Crippen LogP contribution >= 0.6 is 0 Å². The Morgan fingerprint density at radius 1 is 0.875 bits per heavy atom. The second kappa shape index (κ2) is 13.7. The van der Waals surface area contributed by atoms with Gasteiger partial charge in [-0.15, -0.1) is 0 Å². The number of carboxylic acid groups (broad SMARTS) is 2. The fourth-order valence-corrected chi connectivity index (χ4v) is 5.71. The number of carbonyl (C=O) groups excluding carboxylic acids is 1. The highest BCUT2D eigenvalue weighted by Gasteiger charge is 2.52. The van der Waals surface area contributed by atoms with Gasteiger partial charge in [0.25, 0.3) is 12.4 Å². The number of piperidine rings is 1. The average Bonchev–Trinajstić information content (AvgIpc) is 3.25. The van der Waals surface area contributed by atoms with Crippen LogP contribution in [0, 0.1) is 5.41 Å². The number of benzene rings is 3. The molecule has 40 heavy (non-hydrogen) atoms. The molecule has 0 bridgehead atoms. The van der Waals surface area contributed by atoms with Gasteiger partial charge in [-0.2, -0.15) is 5.10 Å². The summed E-state index contributed by atoms with van der Waals surface area (Å²) in [6.07, 6.45) is 2.26. The van der Waals surface area contributed by atoms with Crippen molar-refractivity contribution in [1.82, 2.24) is 9.91 Å². The zero-order valence-corrected chi connectivity index (χ0v) is 22.4. The van der Waals surface area contributed by atoms with Crippen molar-refractivity contribution >= 4 is 24.1 Å². The lowest BCUT2D eigenvalue weighted by Crippen LogP contribution is -2.49. The van der Waals surface area contributed by atoms with Crippen LogP contribution in [0.15, 0.2) is 96.1 Å². The molecule has 1 spiro atoms. The highest BCUT2D eigenvalue weighted by atomic mass is 16.4. The van der Waals surface area contributed by atoms with Gasteiger partial charge in [-0.25, -0.2) is 5.01 Å². The van der Waals surface area contributed by atoms with Gasteiger partial charge in [-0.1, -0.05) is 91.0 Å². The molecule has 0 atom stereocenters. The molecular weight excluding hydrogens is 506 g/mol. The summed E-state index contributed by atoms with van der Waals surface area (Å²) in [5.41, 5.74) is 3.68. The standard InChI is InChI=1S/C31H33N3O3.CH2O2/c35-28(36)17-21-34-30(37)31(29(32-34)26-14-8-3-9-15-26)18-22-33(23-19-31)20-16-27(24-10-4-1-5-11-24)25-12-6-2-7-13-25;2-1-3/h1-15,27H,16-23H2,(H,35,36);1H,(H,2,3). The predicted molar refractivity (Wildman–Crippen MR) is 153 cm³/mol. The fraction of sp³-hybridized carbons (Fsp3) is 0.312. The zero-order valence-electron chi connectivity index (χ0n) is 22.4. The van der Waals surface area contributed by atoms with Gasteiger partial charge in [0, 0.05) is 5.92 Å². The Kier molecular flexibility index (Phi) is 9.81. The van der Waals surface area contributed by atoms with E-state index in [9.17, 15) is 9.59 Å². The molecule has 0 aromatic heterocycles. The smallest absolute Gasteiger partial charge is 0.305 e. The molecule has 8 heteroatoms. The van der Waals surface area contributed by atoms with Crippen LogP contribution in [0.3, 0.4) is 0 Å². The number of hydrogen-bond donors (Lipinski definition) is 2. The van der Waals surface area contributed by atoms with Crippen LogP contribution in [0.2, 0.25) is 0 Å². The van der Waals surface area contributed by atoms with E-state index >= 15 is 0 Å². The van der Waals surface area contributed by atoms with E-state index in [1.165, 1.54) is 16.1 Å². The van der Waals surface area contributed by atoms with Crippen LogP contribution in [-0.4, -0.2) is 70.4 Å². The lowest BCUT2D eigenvalue weighted by molar-refractivity contribution is -0.141. The Hall–Kier alpha value is -4.30. The van der Waals surface area contributed by atoms with Crippen molar-refractivity contribution in [3.05, 3.63) is 108 Å². The normalized spacial score (nSPS) is 16.4. The summed E-state index contributed by atoms with van der Waals surface area (Å²) in [5, 5.41) is 22.1. The van der Waals surface area contributed by atoms with Crippen molar-refractivity contribution in [3.63, 3.8) is 0 Å². The molecule has 5 rings (SSSR count). The number of amides is 1. The molecule has 8 nitrogen and oxygen atoms in total. The van der Waals surface area contributed by atoms with Crippen molar-refractivity contribution in [3.8, 4) is 0 Å². The molecule has 1 saturated heterocycles. The maximum absolute atomic E-state index is 13.6. The first kappa shape index (κ1) is 28.7. The monoisotopic (exact) mass is 541 g/mol. The third-order valence-corrected chi connectivity index (χ3v) is 7.75. The van der Waals surface area contributed by atoms with E-state index in [1.807, 2.05) is 30.3 Å². The Morgan fingerprint density at radius 2 is 1.38 bits per heavy atom. The predicted octanol–water partition coefficient (Wildman–Crippen LogP) is 4.71. The summed E-state index contributed by atoms with van der Waals surface area (Å²) in [4.78, 5) is 35.6. The van der Waals surface area contributed by atoms with Crippen LogP contribution in [0.4, 0.5) is 0 Å². The number of carbonyl (C=O) groups is 3. The Morgan fingerprint density at radius 3 is 1.88 bits per heavy atom. The lowest BCUT2D eigenvalue weighted by atomic mass is 9.72. The molecule has 3 aromatic rings. The van der Waals surface area contributed by atoms with E-state index in [0.717, 1.165) is 37.3 Å². The molecule has 0 unspecified atom stereocenters. The molecule has 0 saturated carbocycles. The Labute approximate surface area is 234 Å². The van der Waals surface area contributed by atoms with Crippen LogP contribution in [-0.2, 0) is 14.4 Å². The minimum atomic E-state index is -0.925. The molecule has 0 radical (unpaired) electrons. The van der Waals surface area contributed by atoms with E-state index in [0.29, 0.717) is 18.8 Å². The number of rotatable bonds is 9. The number of aliphatic carboxylic acids is 1. The SMILES string of the molecule is O=C(O)CCN1N=C(c2ccccc2)C2(CCN(CCC(c3ccccc3)c3ccccc3)CC2)C1=O.O=CO. The number of nitrogens with zero attached hydrogens (tertiary/aromatic N) is 3. The van der Waals surface area contributed by atoms with Crippen molar-refractivity contribution in [1.29, 1.82) is 0 Å². The third kappa shape index (κ3) is 6.63. The first-order chi connectivity index (χ1) is 19.5. The van der Waals surface area contributed by atoms with Crippen LogP contribution < -0.4 is 0 Å². The van der Waals surface area contributed by atoms with Crippen LogP contribution in [0.25, 0.3) is 0 Å². The van der Waals surface area contributed by atoms with Gasteiger partial charge in [0.15, 0.2) is 0 Å². The molecule has 2 heterocycles. The summed E-state index contributed by atoms with van der Waals surface area (Å²) in [6.45, 7) is 2.41. The summed E-state index contributed by atoms with van der Waals surface area (Å²) >= 11 is 0. The van der Waals surface area contributed by atoms with Gasteiger partial charge in [0.05, 0.1) is 24.1 Å². The second-order valence-corrected chi connectivity index (χ2v) is 10.1. The Balaban J connectivity index is 0.00000118. The molecule has 2 aliphatic rings. The van der Waals surface area contributed by atoms with E-state index in [2.05, 4.69) is 70.7 Å². The zero-order chi connectivity index (χ0) is 28.4. The molecule has 0 aliphatic carbocycles. The summed E-state index contributed by atoms with van der Waals surface area (Å²) in [7, 11) is 0. The molecule has 1 fully saturated rings. The summed E-state index contributed by atoms with van der Waals surface area (Å²) in [5.74, 6) is -0.663. The van der Waals surface area contributed by atoms with Gasteiger partial charge in [0.2, 0.25) is 0 Å². The van der Waals surface area contributed by atoms with E-state index in [1.54, 1.807) is 0 Å². The second-order valence-electron chi connectivity index (χ2n) is 10.1. The lowest BCUT2D eigenvalue weighted by Gasteiger charge is -2.39. The number of carboxylic acids is 1. The van der Waals surface area contributed by atoms with Crippen molar-refractivity contribution in [2.24, 2.45) is 10.5 Å². The molecule has 2 aliphatic heterocycles. The van der Waals surface area contributed by atoms with E-state index in [4.69, 9.17) is 15.0 Å². The quantitative estimate of drug-likeness (QED) is 0.380. The minimum absolute atomic E-state index is 0.0568. The number of hydrazone groups is 1. The topological polar surface area (TPSA) is 111 Å². The van der Waals surface area contributed by atoms with Crippen LogP contribution in [0.5, 0.6) is 0 Å².